The molecule has 0 aliphatic heterocycles. The van der Waals surface area contributed by atoms with Gasteiger partial charge in [0.05, 0.1) is 6.42 Å². The molecule has 2 aromatic carbocycles. The molecule has 0 heterocycles. The van der Waals surface area contributed by atoms with Crippen molar-refractivity contribution in [3.63, 3.8) is 0 Å². The zero-order valence-electron chi connectivity index (χ0n) is 15.5. The highest BCUT2D eigenvalue weighted by Gasteiger charge is 2.26. The summed E-state index contributed by atoms with van der Waals surface area (Å²) in [5.41, 5.74) is 1.11. The zero-order valence-corrected chi connectivity index (χ0v) is 16.3. The lowest BCUT2D eigenvalue weighted by Gasteiger charge is -2.29. The summed E-state index contributed by atoms with van der Waals surface area (Å²) in [7, 11) is 0. The van der Waals surface area contributed by atoms with E-state index in [4.69, 9.17) is 11.6 Å². The zero-order chi connectivity index (χ0) is 19.8. The Morgan fingerprint density at radius 1 is 1.19 bits per heavy atom. The number of carbonyl (C=O) groups is 2. The van der Waals surface area contributed by atoms with Gasteiger partial charge in [0.1, 0.15) is 11.9 Å². The molecule has 0 spiro atoms. The monoisotopic (exact) mass is 390 g/mol. The molecule has 0 saturated heterocycles. The van der Waals surface area contributed by atoms with Crippen molar-refractivity contribution < 1.29 is 14.0 Å². The first-order valence-corrected chi connectivity index (χ1v) is 9.35. The van der Waals surface area contributed by atoms with Gasteiger partial charge >= 0.3 is 0 Å². The van der Waals surface area contributed by atoms with Gasteiger partial charge in [-0.05, 0) is 42.7 Å². The predicted molar refractivity (Wildman–Crippen MR) is 105 cm³/mol. The summed E-state index contributed by atoms with van der Waals surface area (Å²) < 4.78 is 14.0. The Balaban J connectivity index is 2.23. The van der Waals surface area contributed by atoms with Crippen LogP contribution in [0.5, 0.6) is 0 Å². The maximum atomic E-state index is 14.0. The summed E-state index contributed by atoms with van der Waals surface area (Å²) in [4.78, 5) is 26.8. The number of amides is 2. The van der Waals surface area contributed by atoms with Crippen molar-refractivity contribution >= 4 is 23.4 Å². The van der Waals surface area contributed by atoms with E-state index in [0.717, 1.165) is 12.0 Å². The second-order valence-corrected chi connectivity index (χ2v) is 6.82. The third-order valence-electron chi connectivity index (χ3n) is 4.26. The van der Waals surface area contributed by atoms with Crippen LogP contribution in [-0.2, 0) is 22.6 Å². The molecule has 0 aliphatic rings. The van der Waals surface area contributed by atoms with Gasteiger partial charge in [0.2, 0.25) is 11.8 Å². The lowest BCUT2D eigenvalue weighted by molar-refractivity contribution is -0.140. The third kappa shape index (κ3) is 6.07. The molecule has 2 rings (SSSR count). The number of hydrogen-bond donors (Lipinski definition) is 1. The first kappa shape index (κ1) is 20.9. The van der Waals surface area contributed by atoms with Gasteiger partial charge in [-0.15, -0.1) is 0 Å². The van der Waals surface area contributed by atoms with Crippen molar-refractivity contribution in [3.05, 3.63) is 70.5 Å². The Hall–Kier alpha value is -2.40. The number of nitrogens with zero attached hydrogens (tertiary/aromatic N) is 1. The molecule has 27 heavy (non-hydrogen) atoms. The SMILES string of the molecule is CCCNC(=O)[C@H](C)N(Cc1cccc(Cl)c1)C(=O)Cc1ccccc1F. The molecule has 0 aliphatic carbocycles. The first-order chi connectivity index (χ1) is 12.9. The fourth-order valence-corrected chi connectivity index (χ4v) is 2.93. The fraction of sp³-hybridized carbons (Fsp3) is 0.333. The largest absolute Gasteiger partial charge is 0.354 e. The lowest BCUT2D eigenvalue weighted by atomic mass is 10.1. The number of rotatable bonds is 8. The van der Waals surface area contributed by atoms with Crippen LogP contribution in [0.2, 0.25) is 5.02 Å². The minimum Gasteiger partial charge on any atom is -0.354 e. The van der Waals surface area contributed by atoms with E-state index in [1.165, 1.54) is 11.0 Å². The highest BCUT2D eigenvalue weighted by molar-refractivity contribution is 6.30. The van der Waals surface area contributed by atoms with E-state index in [1.807, 2.05) is 13.0 Å². The normalized spacial score (nSPS) is 11.7. The lowest BCUT2D eigenvalue weighted by Crippen LogP contribution is -2.48. The van der Waals surface area contributed by atoms with Crippen LogP contribution in [0.4, 0.5) is 4.39 Å². The molecule has 0 radical (unpaired) electrons. The molecule has 6 heteroatoms. The van der Waals surface area contributed by atoms with Crippen molar-refractivity contribution in [1.82, 2.24) is 10.2 Å². The van der Waals surface area contributed by atoms with E-state index >= 15 is 0 Å². The van der Waals surface area contributed by atoms with Crippen molar-refractivity contribution in [3.8, 4) is 0 Å². The molecule has 2 aromatic rings. The van der Waals surface area contributed by atoms with E-state index in [1.54, 1.807) is 43.3 Å². The molecule has 1 N–H and O–H groups in total. The Kier molecular flexibility index (Phi) is 7.80. The van der Waals surface area contributed by atoms with Crippen molar-refractivity contribution in [1.29, 1.82) is 0 Å². The van der Waals surface area contributed by atoms with Gasteiger partial charge < -0.3 is 10.2 Å². The highest BCUT2D eigenvalue weighted by Crippen LogP contribution is 2.17. The maximum absolute atomic E-state index is 14.0. The number of halogens is 2. The third-order valence-corrected chi connectivity index (χ3v) is 4.49. The molecule has 0 fully saturated rings. The van der Waals surface area contributed by atoms with Crippen molar-refractivity contribution in [2.75, 3.05) is 6.54 Å². The second-order valence-electron chi connectivity index (χ2n) is 6.39. The minimum atomic E-state index is -0.685. The summed E-state index contributed by atoms with van der Waals surface area (Å²) in [6.45, 7) is 4.39. The van der Waals surface area contributed by atoms with Crippen LogP contribution in [-0.4, -0.2) is 29.3 Å². The molecular weight excluding hydrogens is 367 g/mol. The smallest absolute Gasteiger partial charge is 0.242 e. The van der Waals surface area contributed by atoms with Crippen LogP contribution >= 0.6 is 11.6 Å². The van der Waals surface area contributed by atoms with E-state index in [0.29, 0.717) is 17.1 Å². The van der Waals surface area contributed by atoms with Gasteiger partial charge in [-0.3, -0.25) is 9.59 Å². The molecular formula is C21H24ClFN2O2. The van der Waals surface area contributed by atoms with Gasteiger partial charge in [-0.1, -0.05) is 48.9 Å². The summed E-state index contributed by atoms with van der Waals surface area (Å²) in [5, 5.41) is 3.36. The summed E-state index contributed by atoms with van der Waals surface area (Å²) >= 11 is 6.04. The Morgan fingerprint density at radius 2 is 1.93 bits per heavy atom. The van der Waals surface area contributed by atoms with Gasteiger partial charge in [0.25, 0.3) is 0 Å². The Labute approximate surface area is 164 Å². The molecule has 0 unspecified atom stereocenters. The quantitative estimate of drug-likeness (QED) is 0.741. The molecule has 1 atom stereocenters. The molecule has 4 nitrogen and oxygen atoms in total. The molecule has 0 saturated carbocycles. The average Bonchev–Trinajstić information content (AvgIpc) is 2.65. The van der Waals surface area contributed by atoms with Gasteiger partial charge in [0.15, 0.2) is 0 Å². The predicted octanol–water partition coefficient (Wildman–Crippen LogP) is 3.97. The maximum Gasteiger partial charge on any atom is 0.242 e. The van der Waals surface area contributed by atoms with Crippen LogP contribution in [0.15, 0.2) is 48.5 Å². The number of hydrogen-bond acceptors (Lipinski definition) is 2. The number of carbonyl (C=O) groups excluding carboxylic acids is 2. The van der Waals surface area contributed by atoms with Crippen molar-refractivity contribution in [2.45, 2.75) is 39.3 Å². The van der Waals surface area contributed by atoms with E-state index in [-0.39, 0.29) is 24.8 Å². The highest BCUT2D eigenvalue weighted by atomic mass is 35.5. The molecule has 0 bridgehead atoms. The van der Waals surface area contributed by atoms with E-state index < -0.39 is 11.9 Å². The van der Waals surface area contributed by atoms with Gasteiger partial charge in [0, 0.05) is 18.1 Å². The molecule has 144 valence electrons. The first-order valence-electron chi connectivity index (χ1n) is 8.97. The van der Waals surface area contributed by atoms with Crippen LogP contribution in [0.25, 0.3) is 0 Å². The van der Waals surface area contributed by atoms with E-state index in [2.05, 4.69) is 5.32 Å². The minimum absolute atomic E-state index is 0.112. The number of nitrogens with one attached hydrogen (secondary N) is 1. The van der Waals surface area contributed by atoms with E-state index in [9.17, 15) is 14.0 Å². The van der Waals surface area contributed by atoms with Gasteiger partial charge in [-0.25, -0.2) is 4.39 Å². The topological polar surface area (TPSA) is 49.4 Å². The van der Waals surface area contributed by atoms with Crippen LogP contribution in [0, 0.1) is 5.82 Å². The Morgan fingerprint density at radius 3 is 2.59 bits per heavy atom. The average molecular weight is 391 g/mol. The number of benzene rings is 2. The van der Waals surface area contributed by atoms with Crippen LogP contribution in [0.1, 0.15) is 31.4 Å². The van der Waals surface area contributed by atoms with Crippen LogP contribution < -0.4 is 5.32 Å². The molecule has 0 aromatic heterocycles. The summed E-state index contributed by atoms with van der Waals surface area (Å²) in [5.74, 6) is -0.989. The summed E-state index contributed by atoms with van der Waals surface area (Å²) in [6.07, 6.45) is 0.689. The van der Waals surface area contributed by atoms with Crippen molar-refractivity contribution in [2.24, 2.45) is 0 Å². The van der Waals surface area contributed by atoms with Gasteiger partial charge in [-0.2, -0.15) is 0 Å². The standard InChI is InChI=1S/C21H24ClFN2O2/c1-3-11-24-21(27)15(2)25(14-16-7-6-9-18(22)12-16)20(26)13-17-8-4-5-10-19(17)23/h4-10,12,15H,3,11,13-14H2,1-2H3,(H,24,27)/t15-/m0/s1. The second kappa shape index (κ2) is 10.1. The fourth-order valence-electron chi connectivity index (χ4n) is 2.72. The van der Waals surface area contributed by atoms with Crippen LogP contribution in [0.3, 0.4) is 0 Å². The Bertz CT molecular complexity index is 797. The summed E-state index contributed by atoms with van der Waals surface area (Å²) in [6, 6.07) is 12.6. The molecule has 2 amide bonds.